The van der Waals surface area contributed by atoms with Crippen LogP contribution in [-0.2, 0) is 21.7 Å². The van der Waals surface area contributed by atoms with Gasteiger partial charge in [0.25, 0.3) is 0 Å². The molecule has 0 unspecified atom stereocenters. The Hall–Kier alpha value is -2.35. The van der Waals surface area contributed by atoms with Gasteiger partial charge in [0, 0.05) is 43.9 Å². The zero-order valence-corrected chi connectivity index (χ0v) is 19.4. The van der Waals surface area contributed by atoms with Gasteiger partial charge in [-0.1, -0.05) is 59.3 Å². The predicted octanol–water partition coefficient (Wildman–Crippen LogP) is 4.61. The van der Waals surface area contributed by atoms with E-state index < -0.39 is 0 Å². The maximum Gasteiger partial charge on any atom is 0.220 e. The van der Waals surface area contributed by atoms with Crippen molar-refractivity contribution in [2.75, 3.05) is 20.3 Å². The summed E-state index contributed by atoms with van der Waals surface area (Å²) < 4.78 is 7.00. The maximum atomic E-state index is 12.2. The normalized spacial score (nSPS) is 10.9. The molecule has 1 amide bonds. The molecule has 2 aromatic carbocycles. The average Bonchev–Trinajstić information content (AvgIpc) is 3.17. The van der Waals surface area contributed by atoms with E-state index in [-0.39, 0.29) is 5.91 Å². The van der Waals surface area contributed by atoms with Gasteiger partial charge >= 0.3 is 0 Å². The van der Waals surface area contributed by atoms with Crippen LogP contribution in [0.4, 0.5) is 0 Å². The summed E-state index contributed by atoms with van der Waals surface area (Å²) in [7, 11) is 1.65. The van der Waals surface area contributed by atoms with Gasteiger partial charge in [0.2, 0.25) is 5.91 Å². The average molecular weight is 459 g/mol. The van der Waals surface area contributed by atoms with Crippen LogP contribution < -0.4 is 5.32 Å². The Bertz CT molecular complexity index is 1010. The minimum Gasteiger partial charge on any atom is -0.385 e. The highest BCUT2D eigenvalue weighted by atomic mass is 35.5. The van der Waals surface area contributed by atoms with Crippen LogP contribution in [0.15, 0.2) is 53.7 Å². The number of methoxy groups -OCH3 is 1. The fraction of sp³-hybridized carbons (Fsp3) is 0.348. The molecule has 0 radical (unpaired) electrons. The zero-order chi connectivity index (χ0) is 22.1. The number of amides is 1. The fourth-order valence-electron chi connectivity index (χ4n) is 3.14. The van der Waals surface area contributed by atoms with Crippen LogP contribution in [0.5, 0.6) is 0 Å². The summed E-state index contributed by atoms with van der Waals surface area (Å²) in [4.78, 5) is 12.2. The van der Waals surface area contributed by atoms with Gasteiger partial charge in [-0.05, 0) is 37.1 Å². The highest BCUT2D eigenvalue weighted by Crippen LogP contribution is 2.27. The van der Waals surface area contributed by atoms with Crippen molar-refractivity contribution in [1.29, 1.82) is 0 Å². The van der Waals surface area contributed by atoms with Gasteiger partial charge in [-0.25, -0.2) is 0 Å². The predicted molar refractivity (Wildman–Crippen MR) is 125 cm³/mol. The van der Waals surface area contributed by atoms with E-state index in [1.807, 2.05) is 28.8 Å². The lowest BCUT2D eigenvalue weighted by Crippen LogP contribution is -2.25. The molecule has 0 aliphatic rings. The smallest absolute Gasteiger partial charge is 0.220 e. The molecular weight excluding hydrogens is 432 g/mol. The number of nitrogens with one attached hydrogen (secondary N) is 1. The number of rotatable bonds is 11. The van der Waals surface area contributed by atoms with Gasteiger partial charge in [0.05, 0.1) is 5.69 Å². The van der Waals surface area contributed by atoms with Crippen LogP contribution in [0.2, 0.25) is 5.02 Å². The number of carbonyl (C=O) groups excluding carboxylic acids is 1. The van der Waals surface area contributed by atoms with Crippen LogP contribution in [0, 0.1) is 6.92 Å². The highest BCUT2D eigenvalue weighted by Gasteiger charge is 2.16. The second kappa shape index (κ2) is 11.9. The summed E-state index contributed by atoms with van der Waals surface area (Å²) in [5, 5.41) is 13.1. The number of aromatic nitrogens is 3. The number of ether oxygens (including phenoxy) is 1. The number of hydrogen-bond donors (Lipinski definition) is 1. The molecule has 31 heavy (non-hydrogen) atoms. The molecule has 0 atom stereocenters. The number of halogens is 1. The van der Waals surface area contributed by atoms with Crippen LogP contribution in [-0.4, -0.2) is 40.9 Å². The summed E-state index contributed by atoms with van der Waals surface area (Å²) in [6.45, 7) is 3.32. The largest absolute Gasteiger partial charge is 0.385 e. The van der Waals surface area contributed by atoms with E-state index in [1.54, 1.807) is 18.9 Å². The number of carbonyl (C=O) groups is 1. The van der Waals surface area contributed by atoms with E-state index in [1.165, 1.54) is 11.1 Å². The van der Waals surface area contributed by atoms with Crippen molar-refractivity contribution >= 4 is 29.3 Å². The van der Waals surface area contributed by atoms with Crippen molar-refractivity contribution < 1.29 is 9.53 Å². The first-order valence-corrected chi connectivity index (χ1v) is 11.6. The summed E-state index contributed by atoms with van der Waals surface area (Å²) in [6.07, 6.45) is 1.62. The Morgan fingerprint density at radius 1 is 1.19 bits per heavy atom. The molecule has 164 valence electrons. The summed E-state index contributed by atoms with van der Waals surface area (Å²) in [6, 6.07) is 16.0. The van der Waals surface area contributed by atoms with E-state index in [0.717, 1.165) is 28.8 Å². The monoisotopic (exact) mass is 458 g/mol. The number of thioether (sulfide) groups is 1. The molecule has 0 aliphatic carbocycles. The van der Waals surface area contributed by atoms with Gasteiger partial charge in [-0.15, -0.1) is 10.2 Å². The topological polar surface area (TPSA) is 69.0 Å². The maximum absolute atomic E-state index is 12.2. The van der Waals surface area contributed by atoms with E-state index >= 15 is 0 Å². The highest BCUT2D eigenvalue weighted by molar-refractivity contribution is 7.98. The first-order valence-electron chi connectivity index (χ1n) is 10.2. The molecular formula is C23H27ClN4O2S. The lowest BCUT2D eigenvalue weighted by atomic mass is 10.2. The summed E-state index contributed by atoms with van der Waals surface area (Å²) in [5.74, 6) is 1.51. The number of nitrogens with zero attached hydrogens (tertiary/aromatic N) is 3. The van der Waals surface area contributed by atoms with Crippen LogP contribution in [0.3, 0.4) is 0 Å². The molecule has 3 rings (SSSR count). The van der Waals surface area contributed by atoms with Crippen LogP contribution in [0.25, 0.3) is 5.69 Å². The summed E-state index contributed by atoms with van der Waals surface area (Å²) in [5.41, 5.74) is 3.34. The lowest BCUT2D eigenvalue weighted by Gasteiger charge is -2.11. The Balaban J connectivity index is 1.73. The fourth-order valence-corrected chi connectivity index (χ4v) is 4.24. The standard InChI is InChI=1S/C23H27ClN4O2S/c1-17-6-3-7-18(14-17)16-31-23-27-26-21(10-11-22(29)25-12-5-13-30-2)28(23)20-9-4-8-19(24)15-20/h3-4,6-9,14-15H,5,10-13,16H2,1-2H3,(H,25,29). The van der Waals surface area contributed by atoms with Gasteiger partial charge in [0.1, 0.15) is 5.82 Å². The molecule has 0 bridgehead atoms. The molecule has 1 aromatic heterocycles. The third-order valence-electron chi connectivity index (χ3n) is 4.64. The molecule has 0 fully saturated rings. The Morgan fingerprint density at radius 2 is 2.03 bits per heavy atom. The quantitative estimate of drug-likeness (QED) is 0.335. The molecule has 3 aromatic rings. The Labute approximate surface area is 192 Å². The molecule has 8 heteroatoms. The van der Waals surface area contributed by atoms with Crippen molar-refractivity contribution in [2.45, 2.75) is 37.1 Å². The van der Waals surface area contributed by atoms with Crippen molar-refractivity contribution in [2.24, 2.45) is 0 Å². The number of hydrogen-bond acceptors (Lipinski definition) is 5. The molecule has 0 spiro atoms. The van der Waals surface area contributed by atoms with Gasteiger partial charge in [0.15, 0.2) is 5.16 Å². The van der Waals surface area contributed by atoms with Crippen LogP contribution in [0.1, 0.15) is 29.8 Å². The minimum atomic E-state index is -0.00860. The summed E-state index contributed by atoms with van der Waals surface area (Å²) >= 11 is 7.85. The molecule has 0 saturated heterocycles. The first-order chi connectivity index (χ1) is 15.1. The lowest BCUT2D eigenvalue weighted by molar-refractivity contribution is -0.121. The van der Waals surface area contributed by atoms with E-state index in [4.69, 9.17) is 16.3 Å². The molecule has 1 N–H and O–H groups in total. The molecule has 1 heterocycles. The van der Waals surface area contributed by atoms with E-state index in [2.05, 4.69) is 46.7 Å². The third-order valence-corrected chi connectivity index (χ3v) is 5.88. The number of benzene rings is 2. The van der Waals surface area contributed by atoms with Crippen LogP contribution >= 0.6 is 23.4 Å². The third kappa shape index (κ3) is 7.09. The zero-order valence-electron chi connectivity index (χ0n) is 17.8. The number of aryl methyl sites for hydroxylation is 2. The van der Waals surface area contributed by atoms with E-state index in [9.17, 15) is 4.79 Å². The van der Waals surface area contributed by atoms with Crippen molar-refractivity contribution in [3.63, 3.8) is 0 Å². The Kier molecular flexibility index (Phi) is 8.94. The Morgan fingerprint density at radius 3 is 2.81 bits per heavy atom. The second-order valence-corrected chi connectivity index (χ2v) is 8.57. The van der Waals surface area contributed by atoms with Gasteiger partial charge in [-0.2, -0.15) is 0 Å². The van der Waals surface area contributed by atoms with Crippen molar-refractivity contribution in [3.05, 3.63) is 70.5 Å². The second-order valence-electron chi connectivity index (χ2n) is 7.19. The van der Waals surface area contributed by atoms with Gasteiger partial charge in [-0.3, -0.25) is 9.36 Å². The van der Waals surface area contributed by atoms with Crippen molar-refractivity contribution in [3.8, 4) is 5.69 Å². The van der Waals surface area contributed by atoms with Gasteiger partial charge < -0.3 is 10.1 Å². The molecule has 0 aliphatic heterocycles. The van der Waals surface area contributed by atoms with E-state index in [0.29, 0.717) is 31.0 Å². The minimum absolute atomic E-state index is 0.00860. The molecule has 6 nitrogen and oxygen atoms in total. The first kappa shape index (κ1) is 23.3. The van der Waals surface area contributed by atoms with Crippen molar-refractivity contribution in [1.82, 2.24) is 20.1 Å². The molecule has 0 saturated carbocycles. The SMILES string of the molecule is COCCCNC(=O)CCc1nnc(SCc2cccc(C)c2)n1-c1cccc(Cl)c1.